The minimum Gasteiger partial charge on any atom is -0.454 e. The van der Waals surface area contributed by atoms with Gasteiger partial charge >= 0.3 is 0 Å². The molecule has 2 aliphatic rings. The largest absolute Gasteiger partial charge is 0.454 e. The average Bonchev–Trinajstić information content (AvgIpc) is 3.14. The lowest BCUT2D eigenvalue weighted by Gasteiger charge is -2.23. The molecule has 0 aromatic heterocycles. The van der Waals surface area contributed by atoms with Crippen LogP contribution in [0.15, 0.2) is 23.3 Å². The Morgan fingerprint density at radius 3 is 3.05 bits per heavy atom. The normalized spacial score (nSPS) is 22.0. The van der Waals surface area contributed by atoms with E-state index in [1.165, 1.54) is 6.92 Å². The maximum atomic E-state index is 12.6. The number of benzene rings is 1. The van der Waals surface area contributed by atoms with Crippen LogP contribution >= 0.6 is 0 Å². The van der Waals surface area contributed by atoms with Crippen LogP contribution in [-0.2, 0) is 4.79 Å². The quantitative estimate of drug-likeness (QED) is 0.709. The van der Waals surface area contributed by atoms with Gasteiger partial charge in [-0.1, -0.05) is 6.07 Å². The summed E-state index contributed by atoms with van der Waals surface area (Å²) >= 11 is 0. The molecule has 2 aliphatic heterocycles. The minimum atomic E-state index is -1.49. The lowest BCUT2D eigenvalue weighted by Crippen LogP contribution is -2.48. The summed E-state index contributed by atoms with van der Waals surface area (Å²) in [6, 6.07) is 5.57. The van der Waals surface area contributed by atoms with Crippen molar-refractivity contribution in [3.8, 4) is 11.5 Å². The average molecular weight is 305 g/mol. The molecule has 0 aliphatic carbocycles. The van der Waals surface area contributed by atoms with E-state index in [9.17, 15) is 9.90 Å². The molecule has 0 unspecified atom stereocenters. The zero-order valence-electron chi connectivity index (χ0n) is 12.5. The highest BCUT2D eigenvalue weighted by Gasteiger charge is 2.39. The smallest absolute Gasteiger partial charge is 0.231 e. The first-order valence-corrected chi connectivity index (χ1v) is 7.14. The van der Waals surface area contributed by atoms with E-state index in [0.717, 1.165) is 5.56 Å². The van der Waals surface area contributed by atoms with Crippen molar-refractivity contribution in [1.29, 1.82) is 0 Å². The number of rotatable bonds is 5. The van der Waals surface area contributed by atoms with Crippen molar-refractivity contribution in [2.75, 3.05) is 26.9 Å². The van der Waals surface area contributed by atoms with Gasteiger partial charge in [-0.3, -0.25) is 4.79 Å². The van der Waals surface area contributed by atoms with Crippen LogP contribution < -0.4 is 20.2 Å². The van der Waals surface area contributed by atoms with Crippen LogP contribution in [0.4, 0.5) is 0 Å². The molecule has 3 rings (SSSR count). The van der Waals surface area contributed by atoms with Gasteiger partial charge in [-0.25, -0.2) is 0 Å². The number of Topliss-reactive ketones (excluding diaryl/α,β-unsaturated/α-hetero) is 1. The summed E-state index contributed by atoms with van der Waals surface area (Å²) in [7, 11) is 1.69. The van der Waals surface area contributed by atoms with Crippen LogP contribution in [0.25, 0.3) is 0 Å². The number of hydrogen-bond acceptors (Lipinski definition) is 7. The fourth-order valence-electron chi connectivity index (χ4n) is 2.71. The predicted octanol–water partition coefficient (Wildman–Crippen LogP) is -0.00240. The zero-order chi connectivity index (χ0) is 15.7. The molecule has 0 saturated carbocycles. The Balaban J connectivity index is 1.86. The van der Waals surface area contributed by atoms with E-state index in [4.69, 9.17) is 9.47 Å². The summed E-state index contributed by atoms with van der Waals surface area (Å²) in [6.45, 7) is 2.37. The maximum Gasteiger partial charge on any atom is 0.231 e. The summed E-state index contributed by atoms with van der Waals surface area (Å²) < 4.78 is 10.7. The van der Waals surface area contributed by atoms with Gasteiger partial charge in [-0.2, -0.15) is 5.10 Å². The van der Waals surface area contributed by atoms with E-state index in [2.05, 4.69) is 15.8 Å². The number of carbonyl (C=O) groups excluding carboxylic acids is 1. The Kier molecular flexibility index (Phi) is 3.76. The van der Waals surface area contributed by atoms with E-state index in [1.54, 1.807) is 7.05 Å². The SMILES string of the molecule is CNC[C@](C)(O)C(=O)C1=NNC[C@H]1c1ccc2c(c1)OCO2. The lowest BCUT2D eigenvalue weighted by atomic mass is 9.86. The summed E-state index contributed by atoms with van der Waals surface area (Å²) in [5, 5.41) is 17.2. The summed E-state index contributed by atoms with van der Waals surface area (Å²) in [5.74, 6) is 0.764. The second-order valence-electron chi connectivity index (χ2n) is 5.66. The van der Waals surface area contributed by atoms with E-state index in [0.29, 0.717) is 23.8 Å². The number of nitrogens with zero attached hydrogens (tertiary/aromatic N) is 1. The Morgan fingerprint density at radius 1 is 1.50 bits per heavy atom. The Morgan fingerprint density at radius 2 is 2.27 bits per heavy atom. The van der Waals surface area contributed by atoms with E-state index in [-0.39, 0.29) is 25.0 Å². The van der Waals surface area contributed by atoms with Crippen LogP contribution in [0, 0.1) is 0 Å². The lowest BCUT2D eigenvalue weighted by molar-refractivity contribution is -0.128. The number of ketones is 1. The van der Waals surface area contributed by atoms with Gasteiger partial charge < -0.3 is 25.3 Å². The van der Waals surface area contributed by atoms with Crippen molar-refractivity contribution < 1.29 is 19.4 Å². The van der Waals surface area contributed by atoms with Gasteiger partial charge in [-0.15, -0.1) is 0 Å². The highest BCUT2D eigenvalue weighted by Crippen LogP contribution is 2.35. The van der Waals surface area contributed by atoms with Crippen LogP contribution in [0.1, 0.15) is 18.4 Å². The molecule has 0 bridgehead atoms. The topological polar surface area (TPSA) is 92.2 Å². The van der Waals surface area contributed by atoms with Gasteiger partial charge in [0.2, 0.25) is 12.6 Å². The van der Waals surface area contributed by atoms with Crippen molar-refractivity contribution in [2.45, 2.75) is 18.4 Å². The second kappa shape index (κ2) is 5.58. The van der Waals surface area contributed by atoms with Crippen molar-refractivity contribution in [1.82, 2.24) is 10.7 Å². The van der Waals surface area contributed by atoms with E-state index < -0.39 is 5.60 Å². The standard InChI is InChI=1S/C15H19N3O4/c1-15(20,7-16-2)14(19)13-10(6-17-18-13)9-3-4-11-12(5-9)22-8-21-11/h3-5,10,16-17,20H,6-8H2,1-2H3/t10-,15-/m0/s1. The molecule has 1 aromatic rings. The maximum absolute atomic E-state index is 12.6. The number of hydrogen-bond donors (Lipinski definition) is 3. The number of carbonyl (C=O) groups is 1. The molecule has 7 heteroatoms. The fourth-order valence-corrected chi connectivity index (χ4v) is 2.71. The molecule has 2 atom stereocenters. The highest BCUT2D eigenvalue weighted by molar-refractivity contribution is 6.44. The van der Waals surface area contributed by atoms with E-state index >= 15 is 0 Å². The monoisotopic (exact) mass is 305 g/mol. The zero-order valence-corrected chi connectivity index (χ0v) is 12.5. The first-order valence-electron chi connectivity index (χ1n) is 7.14. The highest BCUT2D eigenvalue weighted by atomic mass is 16.7. The summed E-state index contributed by atoms with van der Waals surface area (Å²) in [6.07, 6.45) is 0. The molecule has 3 N–H and O–H groups in total. The molecule has 0 saturated heterocycles. The molecule has 118 valence electrons. The van der Waals surface area contributed by atoms with Crippen molar-refractivity contribution in [3.05, 3.63) is 23.8 Å². The molecular weight excluding hydrogens is 286 g/mol. The van der Waals surface area contributed by atoms with Crippen LogP contribution in [-0.4, -0.2) is 49.1 Å². The number of nitrogens with one attached hydrogen (secondary N) is 2. The molecule has 22 heavy (non-hydrogen) atoms. The molecule has 0 spiro atoms. The Hall–Kier alpha value is -2.12. The van der Waals surface area contributed by atoms with Gasteiger partial charge in [-0.05, 0) is 31.7 Å². The third kappa shape index (κ3) is 2.53. The minimum absolute atomic E-state index is 0.165. The number of hydrazone groups is 1. The Bertz CT molecular complexity index is 627. The second-order valence-corrected chi connectivity index (χ2v) is 5.66. The molecule has 1 aromatic carbocycles. The van der Waals surface area contributed by atoms with Gasteiger partial charge in [0, 0.05) is 13.1 Å². The molecule has 0 amide bonds. The molecule has 0 radical (unpaired) electrons. The Labute approximate surface area is 128 Å². The van der Waals surface area contributed by atoms with Crippen molar-refractivity contribution in [3.63, 3.8) is 0 Å². The third-order valence-electron chi connectivity index (χ3n) is 3.87. The number of fused-ring (bicyclic) bond motifs is 1. The van der Waals surface area contributed by atoms with E-state index in [1.807, 2.05) is 18.2 Å². The molecule has 0 fully saturated rings. The number of ether oxygens (including phenoxy) is 2. The summed E-state index contributed by atoms with van der Waals surface area (Å²) in [5.41, 5.74) is 2.59. The fraction of sp³-hybridized carbons (Fsp3) is 0.467. The first-order chi connectivity index (χ1) is 10.5. The first kappa shape index (κ1) is 14.8. The van der Waals surface area contributed by atoms with Crippen molar-refractivity contribution in [2.24, 2.45) is 5.10 Å². The van der Waals surface area contributed by atoms with Gasteiger partial charge in [0.1, 0.15) is 11.3 Å². The third-order valence-corrected chi connectivity index (χ3v) is 3.87. The number of aliphatic hydroxyl groups is 1. The summed E-state index contributed by atoms with van der Waals surface area (Å²) in [4.78, 5) is 12.6. The van der Waals surface area contributed by atoms with Crippen LogP contribution in [0.5, 0.6) is 11.5 Å². The number of likely N-dealkylation sites (N-methyl/N-ethyl adjacent to an activating group) is 1. The molecule has 7 nitrogen and oxygen atoms in total. The van der Waals surface area contributed by atoms with Crippen molar-refractivity contribution >= 4 is 11.5 Å². The van der Waals surface area contributed by atoms with Gasteiger partial charge in [0.25, 0.3) is 0 Å². The van der Waals surface area contributed by atoms with Gasteiger partial charge in [0.05, 0.1) is 5.92 Å². The molecule has 2 heterocycles. The predicted molar refractivity (Wildman–Crippen MR) is 80.3 cm³/mol. The van der Waals surface area contributed by atoms with Gasteiger partial charge in [0.15, 0.2) is 11.5 Å². The van der Waals surface area contributed by atoms with Crippen LogP contribution in [0.2, 0.25) is 0 Å². The molecular formula is C15H19N3O4. The van der Waals surface area contributed by atoms with Crippen LogP contribution in [0.3, 0.4) is 0 Å².